The number of aryl methyl sites for hydroxylation is 1. The van der Waals surface area contributed by atoms with Crippen molar-refractivity contribution in [2.24, 2.45) is 0 Å². The molecule has 0 radical (unpaired) electrons. The van der Waals surface area contributed by atoms with E-state index in [-0.39, 0.29) is 6.42 Å². The number of methoxy groups -OCH3 is 1. The predicted molar refractivity (Wildman–Crippen MR) is 74.2 cm³/mol. The lowest BCUT2D eigenvalue weighted by Gasteiger charge is -2.01. The Morgan fingerprint density at radius 3 is 2.68 bits per heavy atom. The standard InChI is InChI=1S/C13H13BrN2O3/c1-19-9-4-2-8(3-5-9)13-12(14)10(15-16-13)6-7-11(17)18/h2-5H,6-7H2,1H3,(H,15,16)(H,17,18). The third-order valence-corrected chi connectivity index (χ3v) is 3.58. The first kappa shape index (κ1) is 13.6. The van der Waals surface area contributed by atoms with Gasteiger partial charge in [0.25, 0.3) is 0 Å². The lowest BCUT2D eigenvalue weighted by molar-refractivity contribution is -0.136. The highest BCUT2D eigenvalue weighted by molar-refractivity contribution is 9.10. The van der Waals surface area contributed by atoms with Crippen LogP contribution in [-0.2, 0) is 11.2 Å². The van der Waals surface area contributed by atoms with E-state index in [1.54, 1.807) is 7.11 Å². The molecule has 1 heterocycles. The maximum atomic E-state index is 10.6. The number of ether oxygens (including phenoxy) is 1. The molecule has 0 saturated carbocycles. The Balaban J connectivity index is 2.22. The molecule has 0 saturated heterocycles. The Kier molecular flexibility index (Phi) is 4.21. The Hall–Kier alpha value is -1.82. The van der Waals surface area contributed by atoms with Gasteiger partial charge < -0.3 is 9.84 Å². The van der Waals surface area contributed by atoms with E-state index in [0.717, 1.165) is 27.2 Å². The van der Waals surface area contributed by atoms with Crippen LogP contribution in [0.3, 0.4) is 0 Å². The SMILES string of the molecule is COc1ccc(-c2n[nH]c(CCC(=O)O)c2Br)cc1. The summed E-state index contributed by atoms with van der Waals surface area (Å²) in [7, 11) is 1.61. The molecule has 0 amide bonds. The van der Waals surface area contributed by atoms with Gasteiger partial charge in [0.2, 0.25) is 0 Å². The second kappa shape index (κ2) is 5.88. The van der Waals surface area contributed by atoms with Gasteiger partial charge in [-0.3, -0.25) is 9.89 Å². The number of carbonyl (C=O) groups is 1. The van der Waals surface area contributed by atoms with Crippen LogP contribution in [0.15, 0.2) is 28.7 Å². The fourth-order valence-corrected chi connectivity index (χ4v) is 2.31. The molecule has 0 atom stereocenters. The second-order valence-corrected chi connectivity index (χ2v) is 4.78. The zero-order valence-corrected chi connectivity index (χ0v) is 11.9. The molecule has 100 valence electrons. The molecule has 0 aliphatic heterocycles. The summed E-state index contributed by atoms with van der Waals surface area (Å²) in [4.78, 5) is 10.6. The number of carboxylic acids is 1. The summed E-state index contributed by atoms with van der Waals surface area (Å²) < 4.78 is 5.90. The summed E-state index contributed by atoms with van der Waals surface area (Å²) in [6.07, 6.45) is 0.488. The van der Waals surface area contributed by atoms with E-state index in [4.69, 9.17) is 9.84 Å². The van der Waals surface area contributed by atoms with Crippen LogP contribution in [0.2, 0.25) is 0 Å². The van der Waals surface area contributed by atoms with Crippen molar-refractivity contribution in [1.29, 1.82) is 0 Å². The number of hydrogen-bond donors (Lipinski definition) is 2. The topological polar surface area (TPSA) is 75.2 Å². The highest BCUT2D eigenvalue weighted by Gasteiger charge is 2.13. The van der Waals surface area contributed by atoms with Gasteiger partial charge in [0.1, 0.15) is 11.4 Å². The van der Waals surface area contributed by atoms with Crippen LogP contribution in [0.1, 0.15) is 12.1 Å². The molecule has 1 aromatic carbocycles. The zero-order valence-electron chi connectivity index (χ0n) is 10.3. The Morgan fingerprint density at radius 2 is 2.11 bits per heavy atom. The third kappa shape index (κ3) is 3.14. The molecular formula is C13H13BrN2O3. The third-order valence-electron chi connectivity index (χ3n) is 2.73. The number of aliphatic carboxylic acids is 1. The predicted octanol–water partition coefficient (Wildman–Crippen LogP) is 2.87. The lowest BCUT2D eigenvalue weighted by atomic mass is 10.1. The van der Waals surface area contributed by atoms with Crippen molar-refractivity contribution in [2.75, 3.05) is 7.11 Å². The number of hydrogen-bond acceptors (Lipinski definition) is 3. The van der Waals surface area contributed by atoms with E-state index in [1.165, 1.54) is 0 Å². The number of nitrogens with zero attached hydrogens (tertiary/aromatic N) is 1. The Bertz CT molecular complexity index is 578. The van der Waals surface area contributed by atoms with Gasteiger partial charge in [0, 0.05) is 12.0 Å². The molecule has 0 aliphatic rings. The van der Waals surface area contributed by atoms with Crippen molar-refractivity contribution < 1.29 is 14.6 Å². The van der Waals surface area contributed by atoms with Gasteiger partial charge in [-0.05, 0) is 40.2 Å². The summed E-state index contributed by atoms with van der Waals surface area (Å²) in [5.74, 6) is -0.0472. The van der Waals surface area contributed by atoms with Gasteiger partial charge in [-0.1, -0.05) is 0 Å². The maximum absolute atomic E-state index is 10.6. The lowest BCUT2D eigenvalue weighted by Crippen LogP contribution is -1.98. The fourth-order valence-electron chi connectivity index (χ4n) is 1.70. The zero-order chi connectivity index (χ0) is 13.8. The van der Waals surface area contributed by atoms with Crippen LogP contribution in [-0.4, -0.2) is 28.4 Å². The van der Waals surface area contributed by atoms with Crippen LogP contribution in [0.5, 0.6) is 5.75 Å². The van der Waals surface area contributed by atoms with E-state index in [0.29, 0.717) is 6.42 Å². The van der Waals surface area contributed by atoms with Crippen molar-refractivity contribution in [2.45, 2.75) is 12.8 Å². The molecule has 2 rings (SSSR count). The van der Waals surface area contributed by atoms with Crippen LogP contribution in [0, 0.1) is 0 Å². The first-order valence-corrected chi connectivity index (χ1v) is 6.50. The van der Waals surface area contributed by atoms with Crippen molar-refractivity contribution in [3.05, 3.63) is 34.4 Å². The number of nitrogens with one attached hydrogen (secondary N) is 1. The van der Waals surface area contributed by atoms with Crippen LogP contribution in [0.25, 0.3) is 11.3 Å². The fraction of sp³-hybridized carbons (Fsp3) is 0.231. The number of carboxylic acid groups (broad SMARTS) is 1. The summed E-state index contributed by atoms with van der Waals surface area (Å²) in [6, 6.07) is 7.52. The number of aromatic nitrogens is 2. The van der Waals surface area contributed by atoms with E-state index in [2.05, 4.69) is 26.1 Å². The highest BCUT2D eigenvalue weighted by atomic mass is 79.9. The Morgan fingerprint density at radius 1 is 1.42 bits per heavy atom. The Labute approximate surface area is 118 Å². The van der Waals surface area contributed by atoms with Gasteiger partial charge in [-0.25, -0.2) is 0 Å². The molecule has 1 aromatic heterocycles. The number of rotatable bonds is 5. The molecule has 6 heteroatoms. The summed E-state index contributed by atoms with van der Waals surface area (Å²) >= 11 is 3.46. The second-order valence-electron chi connectivity index (χ2n) is 3.99. The molecule has 19 heavy (non-hydrogen) atoms. The monoisotopic (exact) mass is 324 g/mol. The van der Waals surface area contributed by atoms with Gasteiger partial charge >= 0.3 is 5.97 Å². The molecule has 0 bridgehead atoms. The minimum absolute atomic E-state index is 0.0723. The van der Waals surface area contributed by atoms with Crippen molar-refractivity contribution in [3.63, 3.8) is 0 Å². The van der Waals surface area contributed by atoms with E-state index >= 15 is 0 Å². The average molecular weight is 325 g/mol. The molecule has 0 unspecified atom stereocenters. The van der Waals surface area contributed by atoms with Crippen molar-refractivity contribution in [3.8, 4) is 17.0 Å². The molecule has 2 N–H and O–H groups in total. The van der Waals surface area contributed by atoms with Crippen LogP contribution in [0.4, 0.5) is 0 Å². The minimum atomic E-state index is -0.826. The van der Waals surface area contributed by atoms with Gasteiger partial charge in [-0.2, -0.15) is 5.10 Å². The number of aromatic amines is 1. The number of benzene rings is 1. The van der Waals surface area contributed by atoms with Crippen LogP contribution >= 0.6 is 15.9 Å². The van der Waals surface area contributed by atoms with E-state index in [9.17, 15) is 4.79 Å². The molecule has 2 aromatic rings. The normalized spacial score (nSPS) is 10.4. The summed E-state index contributed by atoms with van der Waals surface area (Å²) in [6.45, 7) is 0. The van der Waals surface area contributed by atoms with Gasteiger partial charge in [0.05, 0.1) is 23.7 Å². The van der Waals surface area contributed by atoms with Crippen LogP contribution < -0.4 is 4.74 Å². The maximum Gasteiger partial charge on any atom is 0.303 e. The molecular weight excluding hydrogens is 312 g/mol. The highest BCUT2D eigenvalue weighted by Crippen LogP contribution is 2.30. The molecule has 0 fully saturated rings. The van der Waals surface area contributed by atoms with Crippen molar-refractivity contribution >= 4 is 21.9 Å². The minimum Gasteiger partial charge on any atom is -0.497 e. The van der Waals surface area contributed by atoms with E-state index < -0.39 is 5.97 Å². The quantitative estimate of drug-likeness (QED) is 0.886. The number of H-pyrrole nitrogens is 1. The smallest absolute Gasteiger partial charge is 0.303 e. The van der Waals surface area contributed by atoms with Crippen molar-refractivity contribution in [1.82, 2.24) is 10.2 Å². The number of halogens is 1. The van der Waals surface area contributed by atoms with E-state index in [1.807, 2.05) is 24.3 Å². The first-order chi connectivity index (χ1) is 9.11. The summed E-state index contributed by atoms with van der Waals surface area (Å²) in [5, 5.41) is 15.8. The van der Waals surface area contributed by atoms with Gasteiger partial charge in [-0.15, -0.1) is 0 Å². The molecule has 0 aliphatic carbocycles. The molecule has 0 spiro atoms. The summed E-state index contributed by atoms with van der Waals surface area (Å²) in [5.41, 5.74) is 2.49. The molecule has 5 nitrogen and oxygen atoms in total. The first-order valence-electron chi connectivity index (χ1n) is 5.70. The largest absolute Gasteiger partial charge is 0.497 e. The van der Waals surface area contributed by atoms with Gasteiger partial charge in [0.15, 0.2) is 0 Å². The average Bonchev–Trinajstić information content (AvgIpc) is 2.78.